The molecule has 1 amide bonds. The minimum atomic E-state index is -1.18. The minimum absolute atomic E-state index is 0.0695. The van der Waals surface area contributed by atoms with Crippen LogP contribution < -0.4 is 5.32 Å². The van der Waals surface area contributed by atoms with Crippen molar-refractivity contribution in [1.29, 1.82) is 5.26 Å². The van der Waals surface area contributed by atoms with E-state index < -0.39 is 29.7 Å². The summed E-state index contributed by atoms with van der Waals surface area (Å²) in [5.74, 6) is -3.79. The van der Waals surface area contributed by atoms with E-state index in [0.717, 1.165) is 15.3 Å². The summed E-state index contributed by atoms with van der Waals surface area (Å²) in [6, 6.07) is 9.32. The molecule has 1 aromatic rings. The maximum Gasteiger partial charge on any atom is 0.319 e. The van der Waals surface area contributed by atoms with Gasteiger partial charge in [0.25, 0.3) is 0 Å². The molecule has 2 rings (SSSR count). The summed E-state index contributed by atoms with van der Waals surface area (Å²) >= 11 is 3.09. The summed E-state index contributed by atoms with van der Waals surface area (Å²) in [5.41, 5.74) is 0.893. The van der Waals surface area contributed by atoms with Crippen LogP contribution in [0.4, 0.5) is 0 Å². The van der Waals surface area contributed by atoms with Crippen molar-refractivity contribution < 1.29 is 23.9 Å². The van der Waals surface area contributed by atoms with Gasteiger partial charge in [0.05, 0.1) is 36.1 Å². The molecule has 7 nitrogen and oxygen atoms in total. The molecule has 0 saturated heterocycles. The normalized spacial score (nSPS) is 19.1. The Kier molecular flexibility index (Phi) is 7.67. The number of carbonyl (C=O) groups excluding carboxylic acids is 3. The van der Waals surface area contributed by atoms with Crippen LogP contribution >= 0.6 is 34.4 Å². The van der Waals surface area contributed by atoms with Crippen LogP contribution in [0.15, 0.2) is 34.9 Å². The molecule has 1 heterocycles. The Morgan fingerprint density at radius 2 is 2.07 bits per heavy atom. The van der Waals surface area contributed by atoms with Crippen molar-refractivity contribution in [1.82, 2.24) is 5.32 Å². The lowest BCUT2D eigenvalue weighted by atomic mass is 9.78. The lowest BCUT2D eigenvalue weighted by Gasteiger charge is -2.31. The predicted octanol–water partition coefficient (Wildman–Crippen LogP) is 2.33. The Hall–Kier alpha value is -2.06. The average Bonchev–Trinajstić information content (AvgIpc) is 2.65. The third-order valence-corrected chi connectivity index (χ3v) is 5.84. The number of halogens is 1. The second-order valence-corrected chi connectivity index (χ2v) is 7.59. The lowest BCUT2D eigenvalue weighted by molar-refractivity contribution is -0.153. The Bertz CT molecular complexity index is 833. The van der Waals surface area contributed by atoms with Gasteiger partial charge in [-0.1, -0.05) is 30.0 Å². The van der Waals surface area contributed by atoms with E-state index in [-0.39, 0.29) is 23.0 Å². The average molecular weight is 500 g/mol. The molecule has 0 saturated carbocycles. The van der Waals surface area contributed by atoms with Crippen molar-refractivity contribution in [3.8, 4) is 6.07 Å². The molecule has 27 heavy (non-hydrogen) atoms. The highest BCUT2D eigenvalue weighted by molar-refractivity contribution is 14.1. The topological polar surface area (TPSA) is 105 Å². The highest BCUT2D eigenvalue weighted by Crippen LogP contribution is 2.41. The number of carbonyl (C=O) groups is 3. The first-order chi connectivity index (χ1) is 12.9. The van der Waals surface area contributed by atoms with Gasteiger partial charge in [-0.25, -0.2) is 0 Å². The van der Waals surface area contributed by atoms with E-state index in [9.17, 15) is 19.6 Å². The third kappa shape index (κ3) is 4.81. The maximum atomic E-state index is 12.7. The van der Waals surface area contributed by atoms with Gasteiger partial charge in [0.15, 0.2) is 0 Å². The lowest BCUT2D eigenvalue weighted by Crippen LogP contribution is -2.44. The maximum absolute atomic E-state index is 12.7. The molecule has 1 aliphatic heterocycles. The summed E-state index contributed by atoms with van der Waals surface area (Å²) in [7, 11) is 1.26. The first kappa shape index (κ1) is 21.2. The van der Waals surface area contributed by atoms with Crippen LogP contribution in [0.2, 0.25) is 0 Å². The number of ether oxygens (including phenoxy) is 2. The number of benzene rings is 1. The van der Waals surface area contributed by atoms with Gasteiger partial charge >= 0.3 is 11.9 Å². The second-order valence-electron chi connectivity index (χ2n) is 5.44. The minimum Gasteiger partial charge on any atom is -0.468 e. The highest BCUT2D eigenvalue weighted by atomic mass is 127. The van der Waals surface area contributed by atoms with Crippen LogP contribution in [0.3, 0.4) is 0 Å². The second kappa shape index (κ2) is 9.75. The Morgan fingerprint density at radius 1 is 1.37 bits per heavy atom. The zero-order valence-electron chi connectivity index (χ0n) is 14.7. The molecule has 0 spiro atoms. The molecule has 0 aromatic heterocycles. The highest BCUT2D eigenvalue weighted by Gasteiger charge is 2.45. The third-order valence-electron chi connectivity index (χ3n) is 3.87. The van der Waals surface area contributed by atoms with Crippen molar-refractivity contribution in [3.63, 3.8) is 0 Å². The number of nitrogens with zero attached hydrogens (tertiary/aromatic N) is 1. The number of esters is 2. The Balaban J connectivity index is 2.57. The number of hydrogen-bond donors (Lipinski definition) is 1. The van der Waals surface area contributed by atoms with Crippen LogP contribution in [0.1, 0.15) is 18.4 Å². The molecule has 0 bridgehead atoms. The Labute approximate surface area is 174 Å². The van der Waals surface area contributed by atoms with E-state index in [1.165, 1.54) is 7.11 Å². The number of thioether (sulfide) groups is 1. The van der Waals surface area contributed by atoms with E-state index in [1.807, 2.05) is 12.1 Å². The van der Waals surface area contributed by atoms with Crippen molar-refractivity contribution in [2.45, 2.75) is 12.8 Å². The van der Waals surface area contributed by atoms with E-state index in [0.29, 0.717) is 5.56 Å². The van der Waals surface area contributed by atoms with Crippen LogP contribution in [0, 0.1) is 20.8 Å². The first-order valence-electron chi connectivity index (χ1n) is 8.00. The molecule has 1 aromatic carbocycles. The fraction of sp³-hybridized carbons (Fsp3) is 0.333. The van der Waals surface area contributed by atoms with Crippen molar-refractivity contribution >= 4 is 52.2 Å². The molecular weight excluding hydrogens is 483 g/mol. The standard InChI is InChI=1S/C18H17IN2O5S/c1-3-26-18(24)15-14(10-6-4-5-7-12(10)19)11(8-20)17(21-16(15)23)27-9-13(22)25-2/h4-7,14-15H,3,9H2,1-2H3,(H,21,23)/t14-,15+/m0/s1. The molecule has 9 heteroatoms. The fourth-order valence-corrected chi connectivity index (χ4v) is 4.28. The largest absolute Gasteiger partial charge is 0.468 e. The van der Waals surface area contributed by atoms with Gasteiger partial charge in [-0.15, -0.1) is 0 Å². The molecule has 1 aliphatic rings. The summed E-state index contributed by atoms with van der Waals surface area (Å²) in [6.07, 6.45) is 0. The van der Waals surface area contributed by atoms with E-state index in [4.69, 9.17) is 4.74 Å². The van der Waals surface area contributed by atoms with Gasteiger partial charge < -0.3 is 14.8 Å². The van der Waals surface area contributed by atoms with Gasteiger partial charge in [-0.05, 0) is 41.1 Å². The van der Waals surface area contributed by atoms with Crippen molar-refractivity contribution in [2.24, 2.45) is 5.92 Å². The zero-order valence-corrected chi connectivity index (χ0v) is 17.6. The quantitative estimate of drug-likeness (QED) is 0.363. The monoisotopic (exact) mass is 500 g/mol. The summed E-state index contributed by atoms with van der Waals surface area (Å²) < 4.78 is 10.5. The molecule has 1 N–H and O–H groups in total. The fourth-order valence-electron chi connectivity index (χ4n) is 2.68. The predicted molar refractivity (Wildman–Crippen MR) is 107 cm³/mol. The molecule has 0 radical (unpaired) electrons. The van der Waals surface area contributed by atoms with E-state index >= 15 is 0 Å². The number of methoxy groups -OCH3 is 1. The van der Waals surface area contributed by atoms with E-state index in [1.54, 1.807) is 19.1 Å². The number of nitrogens with one attached hydrogen (secondary N) is 1. The Morgan fingerprint density at radius 3 is 2.67 bits per heavy atom. The van der Waals surface area contributed by atoms with Crippen LogP contribution in [0.25, 0.3) is 0 Å². The van der Waals surface area contributed by atoms with Crippen molar-refractivity contribution in [2.75, 3.05) is 19.5 Å². The van der Waals surface area contributed by atoms with Crippen molar-refractivity contribution in [3.05, 3.63) is 44.0 Å². The SMILES string of the molecule is CCOC(=O)[C@H]1C(=O)NC(SCC(=O)OC)=C(C#N)[C@@H]1c1ccccc1I. The first-order valence-corrected chi connectivity index (χ1v) is 10.1. The van der Waals surface area contributed by atoms with Gasteiger partial charge in [-0.2, -0.15) is 5.26 Å². The van der Waals surface area contributed by atoms with Crippen LogP contribution in [0.5, 0.6) is 0 Å². The van der Waals surface area contributed by atoms with Gasteiger partial charge in [0.2, 0.25) is 5.91 Å². The van der Waals surface area contributed by atoms with Gasteiger partial charge in [-0.3, -0.25) is 14.4 Å². The van der Waals surface area contributed by atoms with Crippen LogP contribution in [-0.4, -0.2) is 37.3 Å². The molecular formula is C18H17IN2O5S. The van der Waals surface area contributed by atoms with Gasteiger partial charge in [0, 0.05) is 9.49 Å². The van der Waals surface area contributed by atoms with Gasteiger partial charge in [0.1, 0.15) is 5.92 Å². The molecule has 0 unspecified atom stereocenters. The summed E-state index contributed by atoms with van der Waals surface area (Å²) in [5, 5.41) is 12.6. The zero-order chi connectivity index (χ0) is 20.0. The van der Waals surface area contributed by atoms with E-state index in [2.05, 4.69) is 38.7 Å². The molecule has 0 fully saturated rings. The molecule has 2 atom stereocenters. The number of amides is 1. The number of nitriles is 1. The molecule has 0 aliphatic carbocycles. The number of rotatable bonds is 6. The number of hydrogen-bond acceptors (Lipinski definition) is 7. The summed E-state index contributed by atoms with van der Waals surface area (Å²) in [4.78, 5) is 36.6. The molecule has 142 valence electrons. The number of allylic oxidation sites excluding steroid dienone is 1. The smallest absolute Gasteiger partial charge is 0.319 e. The summed E-state index contributed by atoms with van der Waals surface area (Å²) in [6.45, 7) is 1.77. The van der Waals surface area contributed by atoms with Crippen LogP contribution in [-0.2, 0) is 23.9 Å².